The van der Waals surface area contributed by atoms with E-state index >= 15 is 0 Å². The van der Waals surface area contributed by atoms with Gasteiger partial charge in [0, 0.05) is 12.1 Å². The predicted molar refractivity (Wildman–Crippen MR) is 132 cm³/mol. The van der Waals surface area contributed by atoms with Gasteiger partial charge in [-0.3, -0.25) is 0 Å². The number of carbonyl (C=O) groups is 3. The Morgan fingerprint density at radius 3 is 1.56 bits per heavy atom. The summed E-state index contributed by atoms with van der Waals surface area (Å²) in [5.41, 5.74) is -1.44. The molecule has 2 fully saturated rings. The first-order chi connectivity index (χ1) is 15.7. The summed E-state index contributed by atoms with van der Waals surface area (Å²) in [6.07, 6.45) is 12.9. The van der Waals surface area contributed by atoms with Gasteiger partial charge in [-0.15, -0.1) is 0 Å². The lowest BCUT2D eigenvalue weighted by Gasteiger charge is -2.30. The van der Waals surface area contributed by atoms with E-state index in [4.69, 9.17) is 14.6 Å². The van der Waals surface area contributed by atoms with E-state index in [2.05, 4.69) is 16.0 Å². The summed E-state index contributed by atoms with van der Waals surface area (Å²) < 4.78 is 9.91. The minimum Gasteiger partial charge on any atom is -0.480 e. The number of aliphatic carboxylic acids is 1. The van der Waals surface area contributed by atoms with Gasteiger partial charge in [-0.1, -0.05) is 38.5 Å². The van der Waals surface area contributed by atoms with Gasteiger partial charge in [-0.2, -0.15) is 0 Å². The lowest BCUT2D eigenvalue weighted by Crippen LogP contribution is -2.50. The van der Waals surface area contributed by atoms with E-state index in [9.17, 15) is 14.4 Å². The number of carboxylic acid groups (broad SMARTS) is 1. The molecule has 198 valence electrons. The van der Waals surface area contributed by atoms with Crippen molar-refractivity contribution in [1.82, 2.24) is 16.0 Å². The lowest BCUT2D eigenvalue weighted by atomic mass is 9.91. The molecule has 0 aromatic carbocycles. The van der Waals surface area contributed by atoms with Crippen molar-refractivity contribution in [1.29, 1.82) is 0 Å². The maximum atomic E-state index is 11.5. The number of hydrogen-bond donors (Lipinski definition) is 4. The molecule has 0 aliphatic heterocycles. The quantitative estimate of drug-likeness (QED) is 0.428. The van der Waals surface area contributed by atoms with Crippen LogP contribution in [0.4, 0.5) is 9.59 Å². The van der Waals surface area contributed by atoms with E-state index in [1.165, 1.54) is 64.2 Å². The van der Waals surface area contributed by atoms with Crippen LogP contribution < -0.4 is 16.0 Å². The first-order valence-electron chi connectivity index (χ1n) is 12.7. The summed E-state index contributed by atoms with van der Waals surface area (Å²) in [6, 6.07) is 0.432. The average molecular weight is 486 g/mol. The van der Waals surface area contributed by atoms with Crippen molar-refractivity contribution in [2.75, 3.05) is 6.54 Å². The normalized spacial score (nSPS) is 18.6. The molecule has 0 unspecified atom stereocenters. The number of rotatable bonds is 6. The van der Waals surface area contributed by atoms with Crippen molar-refractivity contribution in [2.24, 2.45) is 0 Å². The maximum Gasteiger partial charge on any atom is 0.408 e. The standard InChI is InChI=1S/C13H24N2O6.C12H23N/c1-12(2,3)20-10(18)14-7-8(9(16)17)15-11(19)21-13(4,5)6;1-3-7-11(8-4-1)13-12-9-5-2-6-10-12/h8H,7H2,1-6H3,(H,14,18)(H,15,19)(H,16,17);11-13H,1-10H2/t8-;/m0./s1. The van der Waals surface area contributed by atoms with Crippen LogP contribution in [-0.4, -0.2) is 59.1 Å². The third-order valence-electron chi connectivity index (χ3n) is 5.52. The molecule has 0 saturated heterocycles. The van der Waals surface area contributed by atoms with E-state index in [1.807, 2.05) is 0 Å². The zero-order chi connectivity index (χ0) is 25.8. The van der Waals surface area contributed by atoms with Gasteiger partial charge in [-0.25, -0.2) is 14.4 Å². The summed E-state index contributed by atoms with van der Waals surface area (Å²) in [6.45, 7) is 9.69. The number of hydrogen-bond acceptors (Lipinski definition) is 6. The lowest BCUT2D eigenvalue weighted by molar-refractivity contribution is -0.139. The molecule has 0 spiro atoms. The van der Waals surface area contributed by atoms with E-state index in [1.54, 1.807) is 41.5 Å². The van der Waals surface area contributed by atoms with Gasteiger partial charge in [0.05, 0.1) is 6.54 Å². The van der Waals surface area contributed by atoms with Crippen LogP contribution in [0.2, 0.25) is 0 Å². The topological polar surface area (TPSA) is 126 Å². The van der Waals surface area contributed by atoms with Gasteiger partial charge < -0.3 is 30.5 Å². The van der Waals surface area contributed by atoms with E-state index < -0.39 is 35.4 Å². The largest absolute Gasteiger partial charge is 0.480 e. The van der Waals surface area contributed by atoms with Gasteiger partial charge in [0.25, 0.3) is 0 Å². The van der Waals surface area contributed by atoms with Crippen LogP contribution in [0.15, 0.2) is 0 Å². The van der Waals surface area contributed by atoms with Gasteiger partial charge >= 0.3 is 18.2 Å². The van der Waals surface area contributed by atoms with E-state index in [0.29, 0.717) is 0 Å². The number of carboxylic acids is 1. The zero-order valence-electron chi connectivity index (χ0n) is 22.0. The van der Waals surface area contributed by atoms with Crippen molar-refractivity contribution >= 4 is 18.2 Å². The molecule has 4 N–H and O–H groups in total. The van der Waals surface area contributed by atoms with Gasteiger partial charge in [-0.05, 0) is 67.2 Å². The molecule has 0 heterocycles. The molecule has 0 aromatic heterocycles. The molecule has 9 heteroatoms. The molecule has 34 heavy (non-hydrogen) atoms. The van der Waals surface area contributed by atoms with Crippen molar-refractivity contribution in [2.45, 2.75) is 135 Å². The number of carbonyl (C=O) groups excluding carboxylic acids is 2. The first kappa shape index (κ1) is 30.0. The number of nitrogens with one attached hydrogen (secondary N) is 3. The van der Waals surface area contributed by atoms with E-state index in [0.717, 1.165) is 12.1 Å². The molecule has 9 nitrogen and oxygen atoms in total. The Bertz CT molecular complexity index is 614. The van der Waals surface area contributed by atoms with Gasteiger partial charge in [0.1, 0.15) is 17.2 Å². The number of amides is 2. The molecule has 2 amide bonds. The summed E-state index contributed by atoms with van der Waals surface area (Å²) in [5, 5.41) is 17.3. The molecule has 2 rings (SSSR count). The second-order valence-electron chi connectivity index (χ2n) is 11.3. The third-order valence-corrected chi connectivity index (χ3v) is 5.52. The van der Waals surface area contributed by atoms with Crippen molar-refractivity contribution in [3.63, 3.8) is 0 Å². The highest BCUT2D eigenvalue weighted by Crippen LogP contribution is 2.22. The molecule has 1 atom stereocenters. The van der Waals surface area contributed by atoms with Crippen LogP contribution in [0.3, 0.4) is 0 Å². The summed E-state index contributed by atoms with van der Waals surface area (Å²) >= 11 is 0. The fourth-order valence-electron chi connectivity index (χ4n) is 4.02. The Hall–Kier alpha value is -2.03. The summed E-state index contributed by atoms with van der Waals surface area (Å²) in [5.74, 6) is -1.29. The second-order valence-corrected chi connectivity index (χ2v) is 11.3. The Balaban J connectivity index is 0.000000375. The Morgan fingerprint density at radius 1 is 0.765 bits per heavy atom. The van der Waals surface area contributed by atoms with Crippen LogP contribution in [-0.2, 0) is 14.3 Å². The highest BCUT2D eigenvalue weighted by Gasteiger charge is 2.25. The zero-order valence-corrected chi connectivity index (χ0v) is 22.0. The number of ether oxygens (including phenoxy) is 2. The summed E-state index contributed by atoms with van der Waals surface area (Å²) in [7, 11) is 0. The summed E-state index contributed by atoms with van der Waals surface area (Å²) in [4.78, 5) is 34.0. The van der Waals surface area contributed by atoms with Crippen LogP contribution in [0.5, 0.6) is 0 Å². The van der Waals surface area contributed by atoms with Crippen molar-refractivity contribution < 1.29 is 29.0 Å². The Labute approximate surface area is 205 Å². The maximum absolute atomic E-state index is 11.5. The molecular formula is C25H47N3O6. The van der Waals surface area contributed by atoms with Gasteiger partial charge in [0.2, 0.25) is 0 Å². The predicted octanol–water partition coefficient (Wildman–Crippen LogP) is 4.73. The van der Waals surface area contributed by atoms with E-state index in [-0.39, 0.29) is 6.54 Å². The van der Waals surface area contributed by atoms with Crippen molar-refractivity contribution in [3.8, 4) is 0 Å². The second kappa shape index (κ2) is 14.4. The molecule has 2 aliphatic rings. The monoisotopic (exact) mass is 485 g/mol. The molecule has 2 aliphatic carbocycles. The Morgan fingerprint density at radius 2 is 1.18 bits per heavy atom. The molecule has 2 saturated carbocycles. The smallest absolute Gasteiger partial charge is 0.408 e. The highest BCUT2D eigenvalue weighted by atomic mass is 16.6. The van der Waals surface area contributed by atoms with Crippen LogP contribution >= 0.6 is 0 Å². The molecule has 0 bridgehead atoms. The third kappa shape index (κ3) is 15.0. The SMILES string of the molecule is C1CCC(NC2CCCCC2)CC1.CC(C)(C)OC(=O)NC[C@H](NC(=O)OC(C)(C)C)C(=O)O. The minimum absolute atomic E-state index is 0.316. The average Bonchev–Trinajstić information content (AvgIpc) is 2.70. The Kier molecular flexibility index (Phi) is 12.7. The first-order valence-corrected chi connectivity index (χ1v) is 12.7. The van der Waals surface area contributed by atoms with Crippen molar-refractivity contribution in [3.05, 3.63) is 0 Å². The molecule has 0 radical (unpaired) electrons. The minimum atomic E-state index is -1.31. The van der Waals surface area contributed by atoms with Crippen LogP contribution in [0, 0.1) is 0 Å². The van der Waals surface area contributed by atoms with Crippen LogP contribution in [0.1, 0.15) is 106 Å². The van der Waals surface area contributed by atoms with Crippen LogP contribution in [0.25, 0.3) is 0 Å². The fourth-order valence-corrected chi connectivity index (χ4v) is 4.02. The highest BCUT2D eigenvalue weighted by molar-refractivity contribution is 5.81. The number of alkyl carbamates (subject to hydrolysis) is 2. The fraction of sp³-hybridized carbons (Fsp3) is 0.880. The molecular weight excluding hydrogens is 438 g/mol. The van der Waals surface area contributed by atoms with Gasteiger partial charge in [0.15, 0.2) is 0 Å². The molecule has 0 aromatic rings.